The third-order valence-corrected chi connectivity index (χ3v) is 6.27. The summed E-state index contributed by atoms with van der Waals surface area (Å²) in [5.74, 6) is 0. The highest BCUT2D eigenvalue weighted by molar-refractivity contribution is 9.11. The van der Waals surface area contributed by atoms with Gasteiger partial charge in [0.05, 0.1) is 4.90 Å². The molecule has 0 heterocycles. The Hall–Kier alpha value is -1.13. The van der Waals surface area contributed by atoms with Gasteiger partial charge in [-0.25, -0.2) is 8.42 Å². The average Bonchev–Trinajstić information content (AvgIpc) is 2.48. The zero-order valence-electron chi connectivity index (χ0n) is 10.9. The average molecular weight is 462 g/mol. The number of allylic oxidation sites excluding steroid dienone is 1. The molecule has 0 atom stereocenters. The molecule has 7 heteroatoms. The van der Waals surface area contributed by atoms with Gasteiger partial charge in [0, 0.05) is 14.0 Å². The Balaban J connectivity index is 2.63. The van der Waals surface area contributed by atoms with Gasteiger partial charge in [-0.3, -0.25) is 0 Å². The van der Waals surface area contributed by atoms with Crippen molar-refractivity contribution >= 4 is 59.4 Å². The molecule has 0 unspecified atom stereocenters. The van der Waals surface area contributed by atoms with E-state index in [1.807, 2.05) is 0 Å². The smallest absolute Gasteiger partial charge is 0.217 e. The molecule has 0 bridgehead atoms. The van der Waals surface area contributed by atoms with Crippen LogP contribution in [0.3, 0.4) is 0 Å². The summed E-state index contributed by atoms with van der Waals surface area (Å²) in [7, 11) is -3.95. The molecule has 2 aromatic carbocycles. The molecule has 0 N–H and O–H groups in total. The number of nitriles is 1. The Labute approximate surface area is 150 Å². The summed E-state index contributed by atoms with van der Waals surface area (Å²) >= 11 is 12.4. The van der Waals surface area contributed by atoms with Crippen molar-refractivity contribution in [2.75, 3.05) is 0 Å². The van der Waals surface area contributed by atoms with E-state index in [1.54, 1.807) is 42.5 Å². The first kappa shape index (κ1) is 17.2. The van der Waals surface area contributed by atoms with E-state index in [0.29, 0.717) is 19.5 Å². The highest BCUT2D eigenvalue weighted by Crippen LogP contribution is 2.31. The normalized spacial score (nSPS) is 12.0. The van der Waals surface area contributed by atoms with Gasteiger partial charge in [-0.2, -0.15) is 5.26 Å². The van der Waals surface area contributed by atoms with E-state index in [4.69, 9.17) is 11.6 Å². The lowest BCUT2D eigenvalue weighted by atomic mass is 10.2. The molecule has 0 saturated carbocycles. The fourth-order valence-corrected chi connectivity index (χ4v) is 4.54. The Morgan fingerprint density at radius 2 is 1.86 bits per heavy atom. The molecule has 0 saturated heterocycles. The molecule has 0 aliphatic carbocycles. The van der Waals surface area contributed by atoms with Crippen LogP contribution in [-0.2, 0) is 9.84 Å². The van der Waals surface area contributed by atoms with Crippen LogP contribution in [0.4, 0.5) is 0 Å². The van der Waals surface area contributed by atoms with Gasteiger partial charge in [-0.15, -0.1) is 0 Å². The van der Waals surface area contributed by atoms with Gasteiger partial charge in [-0.1, -0.05) is 45.7 Å². The Morgan fingerprint density at radius 1 is 1.18 bits per heavy atom. The highest BCUT2D eigenvalue weighted by atomic mass is 79.9. The van der Waals surface area contributed by atoms with Crippen LogP contribution in [0.25, 0.3) is 6.08 Å². The van der Waals surface area contributed by atoms with Crippen LogP contribution >= 0.6 is 43.5 Å². The van der Waals surface area contributed by atoms with Crippen molar-refractivity contribution in [3.05, 3.63) is 66.9 Å². The molecule has 3 nitrogen and oxygen atoms in total. The van der Waals surface area contributed by atoms with Crippen molar-refractivity contribution in [1.29, 1.82) is 5.26 Å². The number of benzene rings is 2. The van der Waals surface area contributed by atoms with Gasteiger partial charge in [0.2, 0.25) is 9.84 Å². The molecule has 0 aliphatic heterocycles. The summed E-state index contributed by atoms with van der Waals surface area (Å²) in [6.45, 7) is 0. The SMILES string of the molecule is N#C/C(=C\c1ccccc1Cl)S(=O)(=O)c1cc(Br)ccc1Br. The predicted molar refractivity (Wildman–Crippen MR) is 94.1 cm³/mol. The standard InChI is InChI=1S/C15H8Br2ClNO2S/c16-11-5-6-13(17)15(8-11)22(20,21)12(9-19)7-10-3-1-2-4-14(10)18/h1-8H/b12-7+. The third-order valence-electron chi connectivity index (χ3n) is 2.77. The second-order valence-corrected chi connectivity index (χ2v) is 8.28. The maximum Gasteiger partial charge on any atom is 0.217 e. The first-order chi connectivity index (χ1) is 10.4. The molecule has 0 fully saturated rings. The van der Waals surface area contributed by atoms with Crippen LogP contribution in [0.5, 0.6) is 0 Å². The van der Waals surface area contributed by atoms with Crippen LogP contribution in [0.1, 0.15) is 5.56 Å². The van der Waals surface area contributed by atoms with E-state index in [9.17, 15) is 13.7 Å². The first-order valence-corrected chi connectivity index (χ1v) is 9.37. The summed E-state index contributed by atoms with van der Waals surface area (Å²) in [6, 6.07) is 13.2. The minimum absolute atomic E-state index is 0.0155. The van der Waals surface area contributed by atoms with Crippen molar-refractivity contribution in [3.8, 4) is 6.07 Å². The first-order valence-electron chi connectivity index (χ1n) is 5.92. The summed E-state index contributed by atoms with van der Waals surface area (Å²) in [5, 5.41) is 9.64. The minimum Gasteiger partial charge on any atom is -0.218 e. The molecule has 0 radical (unpaired) electrons. The Morgan fingerprint density at radius 3 is 2.50 bits per heavy atom. The molecule has 0 aromatic heterocycles. The third kappa shape index (κ3) is 3.61. The number of hydrogen-bond donors (Lipinski definition) is 0. The van der Waals surface area contributed by atoms with Crippen LogP contribution in [-0.4, -0.2) is 8.42 Å². The van der Waals surface area contributed by atoms with Crippen LogP contribution < -0.4 is 0 Å². The summed E-state index contributed by atoms with van der Waals surface area (Å²) < 4.78 is 26.3. The van der Waals surface area contributed by atoms with Gasteiger partial charge in [-0.05, 0) is 51.8 Å². The molecular formula is C15H8Br2ClNO2S. The maximum atomic E-state index is 12.7. The highest BCUT2D eigenvalue weighted by Gasteiger charge is 2.24. The number of sulfone groups is 1. The Kier molecular flexibility index (Phi) is 5.45. The van der Waals surface area contributed by atoms with E-state index < -0.39 is 9.84 Å². The van der Waals surface area contributed by atoms with E-state index in [2.05, 4.69) is 31.9 Å². The van der Waals surface area contributed by atoms with E-state index in [0.717, 1.165) is 0 Å². The lowest BCUT2D eigenvalue weighted by molar-refractivity contribution is 0.603. The maximum absolute atomic E-state index is 12.7. The van der Waals surface area contributed by atoms with Crippen molar-refractivity contribution in [2.45, 2.75) is 4.90 Å². The second kappa shape index (κ2) is 6.97. The number of nitrogens with zero attached hydrogens (tertiary/aromatic N) is 1. The summed E-state index contributed by atoms with van der Waals surface area (Å²) in [4.78, 5) is -0.360. The largest absolute Gasteiger partial charge is 0.218 e. The molecule has 0 spiro atoms. The number of rotatable bonds is 3. The number of halogens is 3. The second-order valence-electron chi connectivity index (χ2n) is 4.22. The fourth-order valence-electron chi connectivity index (χ4n) is 1.70. The van der Waals surface area contributed by atoms with Crippen molar-refractivity contribution < 1.29 is 8.42 Å². The Bertz CT molecular complexity index is 902. The topological polar surface area (TPSA) is 57.9 Å². The van der Waals surface area contributed by atoms with Crippen molar-refractivity contribution in [2.24, 2.45) is 0 Å². The zero-order chi connectivity index (χ0) is 16.3. The van der Waals surface area contributed by atoms with Gasteiger partial charge in [0.1, 0.15) is 11.0 Å². The summed E-state index contributed by atoms with van der Waals surface area (Å²) in [5.41, 5.74) is 0.468. The van der Waals surface area contributed by atoms with Gasteiger partial charge in [0.15, 0.2) is 0 Å². The molecule has 2 rings (SSSR count). The molecule has 0 amide bonds. The van der Waals surface area contributed by atoms with Gasteiger partial charge < -0.3 is 0 Å². The van der Waals surface area contributed by atoms with Gasteiger partial charge >= 0.3 is 0 Å². The van der Waals surface area contributed by atoms with E-state index in [1.165, 1.54) is 12.1 Å². The zero-order valence-corrected chi connectivity index (χ0v) is 15.7. The van der Waals surface area contributed by atoms with Gasteiger partial charge in [0.25, 0.3) is 0 Å². The number of hydrogen-bond acceptors (Lipinski definition) is 3. The lowest BCUT2D eigenvalue weighted by Gasteiger charge is -2.07. The fraction of sp³-hybridized carbons (Fsp3) is 0. The molecule has 0 aliphatic rings. The van der Waals surface area contributed by atoms with Crippen LogP contribution in [0.2, 0.25) is 5.02 Å². The molecule has 112 valence electrons. The van der Waals surface area contributed by atoms with Crippen molar-refractivity contribution in [3.63, 3.8) is 0 Å². The summed E-state index contributed by atoms with van der Waals surface area (Å²) in [6.07, 6.45) is 1.27. The quantitative estimate of drug-likeness (QED) is 0.590. The molecule has 22 heavy (non-hydrogen) atoms. The van der Waals surface area contributed by atoms with Crippen LogP contribution in [0, 0.1) is 11.3 Å². The van der Waals surface area contributed by atoms with E-state index >= 15 is 0 Å². The van der Waals surface area contributed by atoms with E-state index in [-0.39, 0.29) is 9.80 Å². The molecular weight excluding hydrogens is 453 g/mol. The predicted octanol–water partition coefficient (Wildman–Crippen LogP) is 5.20. The van der Waals surface area contributed by atoms with Crippen molar-refractivity contribution in [1.82, 2.24) is 0 Å². The molecule has 2 aromatic rings. The minimum atomic E-state index is -3.95. The van der Waals surface area contributed by atoms with Crippen LogP contribution in [0.15, 0.2) is 61.2 Å². The monoisotopic (exact) mass is 459 g/mol. The lowest BCUT2D eigenvalue weighted by Crippen LogP contribution is -2.04.